The SMILES string of the molecule is [C-]#[N+]c1c(SCCC)sc(C(=O)OCC)c1-c1ccc(C(C)(C)C)cc1. The number of hydrogen-bond acceptors (Lipinski definition) is 4. The molecule has 0 aliphatic carbocycles. The van der Waals surface area contributed by atoms with Crippen molar-refractivity contribution in [2.75, 3.05) is 12.4 Å². The van der Waals surface area contributed by atoms with Gasteiger partial charge in [0.15, 0.2) is 0 Å². The Balaban J connectivity index is 2.59. The summed E-state index contributed by atoms with van der Waals surface area (Å²) in [7, 11) is 0. The molecule has 0 spiro atoms. The lowest BCUT2D eigenvalue weighted by atomic mass is 9.86. The molecule has 138 valence electrons. The van der Waals surface area contributed by atoms with Gasteiger partial charge in [-0.3, -0.25) is 0 Å². The van der Waals surface area contributed by atoms with Gasteiger partial charge in [-0.1, -0.05) is 52.0 Å². The van der Waals surface area contributed by atoms with E-state index in [4.69, 9.17) is 11.3 Å². The summed E-state index contributed by atoms with van der Waals surface area (Å²) >= 11 is 3.02. The maximum Gasteiger partial charge on any atom is 0.347 e. The Kier molecular flexibility index (Phi) is 6.91. The third-order valence-corrected chi connectivity index (χ3v) is 6.53. The van der Waals surface area contributed by atoms with Crippen LogP contribution in [0.15, 0.2) is 28.5 Å². The normalized spacial score (nSPS) is 11.2. The molecular weight excluding hydrogens is 362 g/mol. The van der Waals surface area contributed by atoms with Crippen molar-refractivity contribution in [1.29, 1.82) is 0 Å². The van der Waals surface area contributed by atoms with Crippen molar-refractivity contribution in [3.05, 3.63) is 46.1 Å². The van der Waals surface area contributed by atoms with Crippen molar-refractivity contribution >= 4 is 34.8 Å². The molecule has 5 heteroatoms. The van der Waals surface area contributed by atoms with E-state index in [-0.39, 0.29) is 11.4 Å². The largest absolute Gasteiger partial charge is 0.462 e. The molecular formula is C21H25NO2S2. The number of benzene rings is 1. The van der Waals surface area contributed by atoms with Gasteiger partial charge in [0.05, 0.1) is 17.4 Å². The van der Waals surface area contributed by atoms with E-state index in [1.807, 2.05) is 12.1 Å². The Bertz CT molecular complexity index is 808. The number of rotatable bonds is 6. The highest BCUT2D eigenvalue weighted by Gasteiger charge is 2.25. The van der Waals surface area contributed by atoms with Crippen LogP contribution in [0, 0.1) is 6.57 Å². The first-order chi connectivity index (χ1) is 12.3. The predicted molar refractivity (Wildman–Crippen MR) is 112 cm³/mol. The van der Waals surface area contributed by atoms with Gasteiger partial charge in [0, 0.05) is 5.56 Å². The number of esters is 1. The highest BCUT2D eigenvalue weighted by atomic mass is 32.2. The molecule has 0 bridgehead atoms. The highest BCUT2D eigenvalue weighted by Crippen LogP contribution is 2.48. The number of carbonyl (C=O) groups excluding carboxylic acids is 1. The second kappa shape index (κ2) is 8.75. The van der Waals surface area contributed by atoms with Crippen LogP contribution in [0.3, 0.4) is 0 Å². The van der Waals surface area contributed by atoms with Crippen molar-refractivity contribution in [1.82, 2.24) is 0 Å². The van der Waals surface area contributed by atoms with Crippen LogP contribution in [-0.2, 0) is 10.2 Å². The minimum Gasteiger partial charge on any atom is -0.462 e. The Morgan fingerprint density at radius 1 is 1.23 bits per heavy atom. The third kappa shape index (κ3) is 4.49. The van der Waals surface area contributed by atoms with Gasteiger partial charge in [-0.05, 0) is 35.6 Å². The number of carbonyl (C=O) groups is 1. The van der Waals surface area contributed by atoms with Crippen molar-refractivity contribution in [3.8, 4) is 11.1 Å². The van der Waals surface area contributed by atoms with E-state index in [1.165, 1.54) is 16.9 Å². The topological polar surface area (TPSA) is 30.7 Å². The van der Waals surface area contributed by atoms with Crippen molar-refractivity contribution in [2.45, 2.75) is 50.7 Å². The zero-order valence-electron chi connectivity index (χ0n) is 16.0. The van der Waals surface area contributed by atoms with E-state index in [0.717, 1.165) is 21.9 Å². The fourth-order valence-corrected chi connectivity index (χ4v) is 4.84. The Morgan fingerprint density at radius 2 is 1.88 bits per heavy atom. The quantitative estimate of drug-likeness (QED) is 0.305. The Hall–Kier alpha value is -1.77. The summed E-state index contributed by atoms with van der Waals surface area (Å²) in [6, 6.07) is 8.17. The van der Waals surface area contributed by atoms with E-state index in [9.17, 15) is 4.79 Å². The van der Waals surface area contributed by atoms with E-state index in [1.54, 1.807) is 18.7 Å². The number of hydrogen-bond donors (Lipinski definition) is 0. The average molecular weight is 388 g/mol. The number of thiophene rings is 1. The standard InChI is InChI=1S/C21H25NO2S2/c1-7-13-25-20-17(22-6)16(18(26-20)19(23)24-8-2)14-9-11-15(12-10-14)21(3,4)5/h9-12H,7-8,13H2,1-5H3. The molecule has 0 unspecified atom stereocenters. The van der Waals surface area contributed by atoms with Crippen LogP contribution < -0.4 is 0 Å². The van der Waals surface area contributed by atoms with Crippen LogP contribution in [0.2, 0.25) is 0 Å². The molecule has 0 fully saturated rings. The zero-order valence-corrected chi connectivity index (χ0v) is 17.6. The molecule has 0 atom stereocenters. The summed E-state index contributed by atoms with van der Waals surface area (Å²) in [6.07, 6.45) is 1.02. The predicted octanol–water partition coefficient (Wildman–Crippen LogP) is 6.94. The summed E-state index contributed by atoms with van der Waals surface area (Å²) < 4.78 is 6.15. The Labute approximate surface area is 164 Å². The maximum atomic E-state index is 12.5. The molecule has 0 aliphatic heterocycles. The second-order valence-electron chi connectivity index (χ2n) is 6.95. The number of thioether (sulfide) groups is 1. The highest BCUT2D eigenvalue weighted by molar-refractivity contribution is 8.01. The third-order valence-electron chi connectivity index (χ3n) is 3.90. The molecule has 1 aromatic carbocycles. The van der Waals surface area contributed by atoms with Gasteiger partial charge >= 0.3 is 5.97 Å². The lowest BCUT2D eigenvalue weighted by Gasteiger charge is -2.19. The van der Waals surface area contributed by atoms with Gasteiger partial charge in [0.25, 0.3) is 0 Å². The fourth-order valence-electron chi connectivity index (χ4n) is 2.54. The minimum absolute atomic E-state index is 0.0575. The summed E-state index contributed by atoms with van der Waals surface area (Å²) in [5.41, 5.74) is 3.45. The molecule has 1 aromatic heterocycles. The van der Waals surface area contributed by atoms with Crippen LogP contribution in [0.5, 0.6) is 0 Å². The van der Waals surface area contributed by atoms with Crippen LogP contribution in [0.25, 0.3) is 16.0 Å². The number of nitrogens with zero attached hydrogens (tertiary/aromatic N) is 1. The minimum atomic E-state index is -0.347. The smallest absolute Gasteiger partial charge is 0.347 e. The molecule has 2 aromatic rings. The summed E-state index contributed by atoms with van der Waals surface area (Å²) in [4.78, 5) is 16.8. The van der Waals surface area contributed by atoms with E-state index in [2.05, 4.69) is 44.7 Å². The molecule has 0 N–H and O–H groups in total. The van der Waals surface area contributed by atoms with E-state index < -0.39 is 0 Å². The van der Waals surface area contributed by atoms with Crippen molar-refractivity contribution in [2.24, 2.45) is 0 Å². The zero-order chi connectivity index (χ0) is 19.3. The van der Waals surface area contributed by atoms with Gasteiger partial charge in [0.1, 0.15) is 4.88 Å². The molecule has 0 radical (unpaired) electrons. The van der Waals surface area contributed by atoms with E-state index in [0.29, 0.717) is 22.7 Å². The van der Waals surface area contributed by atoms with Gasteiger partial charge < -0.3 is 4.74 Å². The first-order valence-electron chi connectivity index (χ1n) is 8.78. The average Bonchev–Trinajstić information content (AvgIpc) is 2.98. The lowest BCUT2D eigenvalue weighted by Crippen LogP contribution is -2.10. The van der Waals surface area contributed by atoms with E-state index >= 15 is 0 Å². The van der Waals surface area contributed by atoms with Gasteiger partial charge in [-0.25, -0.2) is 9.64 Å². The summed E-state index contributed by atoms with van der Waals surface area (Å²) in [6.45, 7) is 18.4. The summed E-state index contributed by atoms with van der Waals surface area (Å²) in [5, 5.41) is 0. The molecule has 3 nitrogen and oxygen atoms in total. The van der Waals surface area contributed by atoms with Crippen LogP contribution in [0.1, 0.15) is 56.3 Å². The molecule has 0 aliphatic rings. The second-order valence-corrected chi connectivity index (χ2v) is 9.33. The molecule has 0 amide bonds. The maximum absolute atomic E-state index is 12.5. The Morgan fingerprint density at radius 3 is 2.38 bits per heavy atom. The van der Waals surface area contributed by atoms with Gasteiger partial charge in [0.2, 0.25) is 5.69 Å². The van der Waals surface area contributed by atoms with Crippen molar-refractivity contribution < 1.29 is 9.53 Å². The molecule has 1 heterocycles. The first kappa shape index (κ1) is 20.5. The lowest BCUT2D eigenvalue weighted by molar-refractivity contribution is 0.0533. The van der Waals surface area contributed by atoms with Crippen LogP contribution >= 0.6 is 23.1 Å². The summed E-state index contributed by atoms with van der Waals surface area (Å²) in [5.74, 6) is 0.578. The molecule has 0 saturated heterocycles. The number of ether oxygens (including phenoxy) is 1. The first-order valence-corrected chi connectivity index (χ1v) is 10.6. The fraction of sp³-hybridized carbons (Fsp3) is 0.429. The van der Waals surface area contributed by atoms with Crippen LogP contribution in [0.4, 0.5) is 5.69 Å². The van der Waals surface area contributed by atoms with Crippen molar-refractivity contribution in [3.63, 3.8) is 0 Å². The monoisotopic (exact) mass is 387 g/mol. The molecule has 0 saturated carbocycles. The van der Waals surface area contributed by atoms with Gasteiger partial charge in [-0.15, -0.1) is 23.1 Å². The molecule has 26 heavy (non-hydrogen) atoms. The van der Waals surface area contributed by atoms with Crippen LogP contribution in [-0.4, -0.2) is 18.3 Å². The van der Waals surface area contributed by atoms with Gasteiger partial charge in [-0.2, -0.15) is 0 Å². The molecule has 2 rings (SSSR count).